The molecule has 0 bridgehead atoms. The quantitative estimate of drug-likeness (QED) is 0.120. The van der Waals surface area contributed by atoms with Crippen molar-refractivity contribution in [1.82, 2.24) is 10.6 Å². The third kappa shape index (κ3) is 14.5. The van der Waals surface area contributed by atoms with E-state index in [1.54, 1.807) is 90.1 Å². The third-order valence-electron chi connectivity index (χ3n) is 6.02. The number of carbonyl (C=O) groups is 5. The molecular weight excluding hydrogens is 578 g/mol. The number of hydrogen-bond donors (Lipinski definition) is 5. The van der Waals surface area contributed by atoms with E-state index >= 15 is 0 Å². The maximum absolute atomic E-state index is 13.5. The van der Waals surface area contributed by atoms with Crippen molar-refractivity contribution in [3.63, 3.8) is 0 Å². The molecule has 244 valence electrons. The van der Waals surface area contributed by atoms with E-state index in [-0.39, 0.29) is 37.4 Å². The first-order valence-electron chi connectivity index (χ1n) is 14.7. The van der Waals surface area contributed by atoms with Gasteiger partial charge in [0.1, 0.15) is 29.1 Å². The number of nitrogen functional groups attached to an aromatic ring is 1. The molecule has 12 nitrogen and oxygen atoms in total. The van der Waals surface area contributed by atoms with E-state index in [0.29, 0.717) is 11.3 Å². The molecule has 0 aliphatic heterocycles. The molecule has 12 heteroatoms. The molecule has 0 saturated carbocycles. The summed E-state index contributed by atoms with van der Waals surface area (Å²) in [6.45, 7) is 10.2. The molecule has 0 heterocycles. The van der Waals surface area contributed by atoms with Crippen molar-refractivity contribution in [2.24, 2.45) is 5.73 Å². The van der Waals surface area contributed by atoms with Crippen LogP contribution >= 0.6 is 0 Å². The van der Waals surface area contributed by atoms with Gasteiger partial charge in [-0.05, 0) is 77.8 Å². The molecule has 2 rings (SSSR count). The van der Waals surface area contributed by atoms with Crippen LogP contribution < -0.4 is 21.7 Å². The minimum atomic E-state index is -1.35. The number of hydrogen-bond acceptors (Lipinski definition) is 8. The van der Waals surface area contributed by atoms with Gasteiger partial charge in [0.15, 0.2) is 0 Å². The van der Waals surface area contributed by atoms with Crippen LogP contribution in [0.25, 0.3) is 0 Å². The van der Waals surface area contributed by atoms with Crippen LogP contribution in [0.4, 0.5) is 5.69 Å². The van der Waals surface area contributed by atoms with Gasteiger partial charge in [0.25, 0.3) is 0 Å². The van der Waals surface area contributed by atoms with Gasteiger partial charge in [-0.25, -0.2) is 4.79 Å². The maximum Gasteiger partial charge on any atom is 0.329 e. The summed E-state index contributed by atoms with van der Waals surface area (Å²) in [4.78, 5) is 64.5. The number of carbonyl (C=O) groups excluding carboxylic acids is 5. The first-order valence-corrected chi connectivity index (χ1v) is 14.7. The molecule has 0 aliphatic carbocycles. The standard InChI is InChI=1S/C33H45N5O7/c1-32(2,3)44-28(41)20-24(30(42)38-25(31(43)45-33(4,5)6)19-21-11-8-7-9-12-21)37-27(40)14-10-13-26(39)36-23-17-15-22(16-18-23)29(34)35/h7-9,11-12,15-18,24-25H,10,13-14,19-20H2,1-6H3,(H3,34,35)(H,36,39)(H,37,40)(H,38,42)/t24-,25-/m0/s1. The summed E-state index contributed by atoms with van der Waals surface area (Å²) in [5.74, 6) is -3.11. The number of nitrogens with one attached hydrogen (secondary N) is 4. The fraction of sp³-hybridized carbons (Fsp3) is 0.455. The Bertz CT molecular complexity index is 1350. The van der Waals surface area contributed by atoms with Crippen LogP contribution in [0.1, 0.15) is 78.4 Å². The van der Waals surface area contributed by atoms with Gasteiger partial charge in [-0.1, -0.05) is 30.3 Å². The van der Waals surface area contributed by atoms with E-state index in [4.69, 9.17) is 20.6 Å². The van der Waals surface area contributed by atoms with Gasteiger partial charge >= 0.3 is 11.9 Å². The summed E-state index contributed by atoms with van der Waals surface area (Å²) in [5.41, 5.74) is 5.61. The SMILES string of the molecule is CC(C)(C)OC(=O)C[C@H](NC(=O)CCCC(=O)Nc1ccc(C(=N)N)cc1)C(=O)N[C@@H](Cc1ccccc1)C(=O)OC(C)(C)C. The number of nitrogens with two attached hydrogens (primary N) is 1. The average Bonchev–Trinajstić information content (AvgIpc) is 2.91. The number of benzene rings is 2. The zero-order chi connectivity index (χ0) is 33.8. The second kappa shape index (κ2) is 16.4. The highest BCUT2D eigenvalue weighted by molar-refractivity contribution is 5.96. The topological polar surface area (TPSA) is 190 Å². The Kier molecular flexibility index (Phi) is 13.3. The van der Waals surface area contributed by atoms with E-state index in [1.165, 1.54) is 0 Å². The minimum absolute atomic E-state index is 0.0165. The molecule has 0 aromatic heterocycles. The first kappa shape index (κ1) is 36.5. The molecule has 45 heavy (non-hydrogen) atoms. The normalized spacial score (nSPS) is 12.7. The molecule has 0 unspecified atom stereocenters. The summed E-state index contributed by atoms with van der Waals surface area (Å²) in [7, 11) is 0. The molecule has 2 aromatic carbocycles. The van der Waals surface area contributed by atoms with Gasteiger partial charge < -0.3 is 31.2 Å². The molecule has 0 aliphatic rings. The Labute approximate surface area is 264 Å². The molecule has 0 spiro atoms. The first-order chi connectivity index (χ1) is 20.9. The van der Waals surface area contributed by atoms with Gasteiger partial charge in [-0.2, -0.15) is 0 Å². The Morgan fingerprint density at radius 1 is 0.778 bits per heavy atom. The smallest absolute Gasteiger partial charge is 0.329 e. The largest absolute Gasteiger partial charge is 0.460 e. The number of amides is 3. The van der Waals surface area contributed by atoms with Gasteiger partial charge in [0, 0.05) is 30.5 Å². The maximum atomic E-state index is 13.5. The Hall–Kier alpha value is -4.74. The minimum Gasteiger partial charge on any atom is -0.460 e. The zero-order valence-corrected chi connectivity index (χ0v) is 26.8. The van der Waals surface area contributed by atoms with E-state index in [0.717, 1.165) is 5.56 Å². The van der Waals surface area contributed by atoms with Crippen LogP contribution in [-0.4, -0.2) is 58.8 Å². The van der Waals surface area contributed by atoms with Crippen LogP contribution in [0.15, 0.2) is 54.6 Å². The summed E-state index contributed by atoms with van der Waals surface area (Å²) in [6, 6.07) is 13.1. The van der Waals surface area contributed by atoms with E-state index < -0.39 is 53.5 Å². The second-order valence-corrected chi connectivity index (χ2v) is 12.6. The Morgan fingerprint density at radius 3 is 1.91 bits per heavy atom. The lowest BCUT2D eigenvalue weighted by molar-refractivity contribution is -0.159. The lowest BCUT2D eigenvalue weighted by Crippen LogP contribution is -2.54. The van der Waals surface area contributed by atoms with E-state index in [2.05, 4.69) is 16.0 Å². The predicted octanol–water partition coefficient (Wildman–Crippen LogP) is 3.37. The van der Waals surface area contributed by atoms with Gasteiger partial charge in [0.05, 0.1) is 6.42 Å². The third-order valence-corrected chi connectivity index (χ3v) is 6.02. The lowest BCUT2D eigenvalue weighted by atomic mass is 10.0. The Balaban J connectivity index is 2.09. The Morgan fingerprint density at radius 2 is 1.36 bits per heavy atom. The highest BCUT2D eigenvalue weighted by Gasteiger charge is 2.32. The van der Waals surface area contributed by atoms with Crippen molar-refractivity contribution in [1.29, 1.82) is 5.41 Å². The van der Waals surface area contributed by atoms with Gasteiger partial charge in [0.2, 0.25) is 17.7 Å². The van der Waals surface area contributed by atoms with Crippen molar-refractivity contribution in [3.05, 3.63) is 65.7 Å². The molecule has 2 aromatic rings. The number of rotatable bonds is 14. The highest BCUT2D eigenvalue weighted by Crippen LogP contribution is 2.14. The summed E-state index contributed by atoms with van der Waals surface area (Å²) < 4.78 is 10.9. The zero-order valence-electron chi connectivity index (χ0n) is 26.8. The molecule has 0 radical (unpaired) electrons. The van der Waals surface area contributed by atoms with E-state index in [1.807, 2.05) is 6.07 Å². The van der Waals surface area contributed by atoms with Crippen LogP contribution in [0.2, 0.25) is 0 Å². The average molecular weight is 624 g/mol. The lowest BCUT2D eigenvalue weighted by Gasteiger charge is -2.27. The molecular formula is C33H45N5O7. The second-order valence-electron chi connectivity index (χ2n) is 12.6. The van der Waals surface area contributed by atoms with Crippen molar-refractivity contribution in [2.75, 3.05) is 5.32 Å². The van der Waals surface area contributed by atoms with Gasteiger partial charge in [-0.15, -0.1) is 0 Å². The summed E-state index contributed by atoms with van der Waals surface area (Å²) in [5, 5.41) is 15.4. The monoisotopic (exact) mass is 623 g/mol. The number of esters is 2. The van der Waals surface area contributed by atoms with Crippen molar-refractivity contribution in [3.8, 4) is 0 Å². The molecule has 3 amide bonds. The molecule has 2 atom stereocenters. The van der Waals surface area contributed by atoms with E-state index in [9.17, 15) is 24.0 Å². The molecule has 6 N–H and O–H groups in total. The fourth-order valence-corrected chi connectivity index (χ4v) is 4.08. The van der Waals surface area contributed by atoms with Gasteiger partial charge in [-0.3, -0.25) is 24.6 Å². The summed E-state index contributed by atoms with van der Waals surface area (Å²) >= 11 is 0. The highest BCUT2D eigenvalue weighted by atomic mass is 16.6. The number of ether oxygens (including phenoxy) is 2. The molecule has 0 fully saturated rings. The number of amidine groups is 1. The number of anilines is 1. The van der Waals surface area contributed by atoms with Crippen LogP contribution in [0.3, 0.4) is 0 Å². The molecule has 0 saturated heterocycles. The van der Waals surface area contributed by atoms with Crippen LogP contribution in [0, 0.1) is 5.41 Å². The summed E-state index contributed by atoms with van der Waals surface area (Å²) in [6.07, 6.45) is -0.269. The van der Waals surface area contributed by atoms with Crippen molar-refractivity contribution in [2.45, 2.75) is 96.9 Å². The fourth-order valence-electron chi connectivity index (χ4n) is 4.08. The van der Waals surface area contributed by atoms with Crippen LogP contribution in [0.5, 0.6) is 0 Å². The van der Waals surface area contributed by atoms with Crippen LogP contribution in [-0.2, 0) is 39.9 Å². The van der Waals surface area contributed by atoms with Crippen molar-refractivity contribution >= 4 is 41.2 Å². The predicted molar refractivity (Wildman–Crippen MR) is 170 cm³/mol. The van der Waals surface area contributed by atoms with Crippen molar-refractivity contribution < 1.29 is 33.4 Å².